The van der Waals surface area contributed by atoms with Crippen molar-refractivity contribution in [2.45, 2.75) is 20.4 Å². The van der Waals surface area contributed by atoms with Gasteiger partial charge in [-0.25, -0.2) is 0 Å². The molecule has 1 N–H and O–H groups in total. The maximum absolute atomic E-state index is 12.6. The third-order valence-electron chi connectivity index (χ3n) is 4.31. The molecule has 0 aliphatic rings. The first-order valence-electron chi connectivity index (χ1n) is 7.62. The summed E-state index contributed by atoms with van der Waals surface area (Å²) in [6, 6.07) is 10.1. The number of H-pyrrole nitrogens is 1. The summed E-state index contributed by atoms with van der Waals surface area (Å²) in [4.78, 5) is 17.0. The molecule has 3 heterocycles. The first-order valence-corrected chi connectivity index (χ1v) is 7.62. The van der Waals surface area contributed by atoms with Crippen molar-refractivity contribution < 1.29 is 0 Å². The highest BCUT2D eigenvalue weighted by atomic mass is 16.1. The zero-order valence-electron chi connectivity index (χ0n) is 13.0. The molecule has 4 rings (SSSR count). The maximum atomic E-state index is 12.6. The van der Waals surface area contributed by atoms with Gasteiger partial charge in [0, 0.05) is 29.4 Å². The second-order valence-corrected chi connectivity index (χ2v) is 5.58. The zero-order chi connectivity index (χ0) is 16.0. The molecule has 4 aromatic rings. The first kappa shape index (κ1) is 13.7. The molecule has 0 unspecified atom stereocenters. The molecule has 5 nitrogen and oxygen atoms in total. The van der Waals surface area contributed by atoms with Crippen LogP contribution in [0.2, 0.25) is 0 Å². The summed E-state index contributed by atoms with van der Waals surface area (Å²) in [5, 5.41) is 8.62. The molecule has 0 aliphatic heterocycles. The van der Waals surface area contributed by atoms with Crippen LogP contribution in [0.25, 0.3) is 32.9 Å². The third kappa shape index (κ3) is 1.97. The van der Waals surface area contributed by atoms with Crippen molar-refractivity contribution in [1.82, 2.24) is 19.7 Å². The molecular formula is C18H16N4O. The minimum atomic E-state index is -0.0104. The molecule has 0 saturated heterocycles. The van der Waals surface area contributed by atoms with Crippen molar-refractivity contribution >= 4 is 21.8 Å². The summed E-state index contributed by atoms with van der Waals surface area (Å²) in [7, 11) is 0. The highest BCUT2D eigenvalue weighted by molar-refractivity contribution is 6.04. The number of hydrogen-bond donors (Lipinski definition) is 1. The van der Waals surface area contributed by atoms with Gasteiger partial charge in [0.15, 0.2) is 0 Å². The highest BCUT2D eigenvalue weighted by Crippen LogP contribution is 2.28. The molecule has 114 valence electrons. The van der Waals surface area contributed by atoms with Gasteiger partial charge in [-0.1, -0.05) is 18.2 Å². The minimum absolute atomic E-state index is 0.0104. The summed E-state index contributed by atoms with van der Waals surface area (Å²) in [5.41, 5.74) is 4.81. The molecule has 0 spiro atoms. The van der Waals surface area contributed by atoms with Gasteiger partial charge in [0.05, 0.1) is 22.6 Å². The van der Waals surface area contributed by atoms with Gasteiger partial charge in [-0.2, -0.15) is 5.10 Å². The molecule has 0 saturated carbocycles. The number of aromatic nitrogens is 4. The number of pyridine rings is 2. The monoisotopic (exact) mass is 304 g/mol. The van der Waals surface area contributed by atoms with Gasteiger partial charge >= 0.3 is 0 Å². The van der Waals surface area contributed by atoms with E-state index >= 15 is 0 Å². The molecule has 0 aliphatic carbocycles. The van der Waals surface area contributed by atoms with E-state index in [1.165, 1.54) is 0 Å². The SMILES string of the molecule is CCn1c(=O)c2cn[nH]c2c2ccc(-c3cccnc3C)cc21. The van der Waals surface area contributed by atoms with Gasteiger partial charge in [-0.3, -0.25) is 14.9 Å². The lowest BCUT2D eigenvalue weighted by atomic mass is 10.0. The topological polar surface area (TPSA) is 63.6 Å². The van der Waals surface area contributed by atoms with Gasteiger partial charge < -0.3 is 4.57 Å². The predicted octanol–water partition coefficient (Wildman–Crippen LogP) is 3.27. The van der Waals surface area contributed by atoms with E-state index in [4.69, 9.17) is 0 Å². The van der Waals surface area contributed by atoms with E-state index in [9.17, 15) is 4.79 Å². The Morgan fingerprint density at radius 3 is 2.87 bits per heavy atom. The van der Waals surface area contributed by atoms with Crippen molar-refractivity contribution in [1.29, 1.82) is 0 Å². The molecule has 0 amide bonds. The molecule has 0 radical (unpaired) electrons. The van der Waals surface area contributed by atoms with Crippen molar-refractivity contribution in [2.75, 3.05) is 0 Å². The standard InChI is InChI=1S/C18H16N4O/c1-3-22-16-9-12(13-5-4-8-19-11(13)2)6-7-14(16)17-15(18(22)23)10-20-21-17/h4-10H,3H2,1-2H3,(H,20,21). The fourth-order valence-corrected chi connectivity index (χ4v) is 3.15. The van der Waals surface area contributed by atoms with E-state index in [1.807, 2.05) is 32.0 Å². The van der Waals surface area contributed by atoms with E-state index in [1.54, 1.807) is 17.0 Å². The van der Waals surface area contributed by atoms with Crippen molar-refractivity contribution in [3.8, 4) is 11.1 Å². The Hall–Kier alpha value is -2.95. The second-order valence-electron chi connectivity index (χ2n) is 5.58. The number of aryl methyl sites for hydroxylation is 2. The lowest BCUT2D eigenvalue weighted by molar-refractivity contribution is 0.767. The van der Waals surface area contributed by atoms with Crippen LogP contribution in [-0.2, 0) is 6.54 Å². The van der Waals surface area contributed by atoms with E-state index < -0.39 is 0 Å². The van der Waals surface area contributed by atoms with E-state index in [0.29, 0.717) is 11.9 Å². The number of nitrogens with zero attached hydrogens (tertiary/aromatic N) is 3. The van der Waals surface area contributed by atoms with E-state index in [2.05, 4.69) is 27.3 Å². The van der Waals surface area contributed by atoms with Gasteiger partial charge in [0.25, 0.3) is 5.56 Å². The third-order valence-corrected chi connectivity index (χ3v) is 4.31. The fourth-order valence-electron chi connectivity index (χ4n) is 3.15. The number of hydrogen-bond acceptors (Lipinski definition) is 3. The quantitative estimate of drug-likeness (QED) is 0.618. The van der Waals surface area contributed by atoms with Crippen LogP contribution in [-0.4, -0.2) is 19.7 Å². The largest absolute Gasteiger partial charge is 0.308 e. The first-order chi connectivity index (χ1) is 11.2. The van der Waals surface area contributed by atoms with Gasteiger partial charge in [0.1, 0.15) is 0 Å². The number of nitrogens with one attached hydrogen (secondary N) is 1. The average molecular weight is 304 g/mol. The summed E-state index contributed by atoms with van der Waals surface area (Å²) in [6.45, 7) is 4.59. The lowest BCUT2D eigenvalue weighted by Gasteiger charge is -2.12. The van der Waals surface area contributed by atoms with Gasteiger partial charge in [-0.15, -0.1) is 0 Å². The van der Waals surface area contributed by atoms with E-state index in [0.717, 1.165) is 33.2 Å². The lowest BCUT2D eigenvalue weighted by Crippen LogP contribution is -2.19. The Balaban J connectivity index is 2.11. The Morgan fingerprint density at radius 2 is 2.09 bits per heavy atom. The van der Waals surface area contributed by atoms with Crippen LogP contribution in [0.1, 0.15) is 12.6 Å². The summed E-state index contributed by atoms with van der Waals surface area (Å²) >= 11 is 0. The van der Waals surface area contributed by atoms with Crippen molar-refractivity contribution in [3.63, 3.8) is 0 Å². The summed E-state index contributed by atoms with van der Waals surface area (Å²) in [5.74, 6) is 0. The molecule has 0 bridgehead atoms. The number of rotatable bonds is 2. The van der Waals surface area contributed by atoms with Gasteiger partial charge in [0.2, 0.25) is 0 Å². The maximum Gasteiger partial charge on any atom is 0.262 e. The van der Waals surface area contributed by atoms with Crippen LogP contribution in [0.5, 0.6) is 0 Å². The second kappa shape index (κ2) is 5.05. The summed E-state index contributed by atoms with van der Waals surface area (Å²) in [6.07, 6.45) is 3.39. The molecule has 1 aromatic carbocycles. The van der Waals surface area contributed by atoms with Gasteiger partial charge in [-0.05, 0) is 31.5 Å². The van der Waals surface area contributed by atoms with Crippen molar-refractivity contribution in [2.24, 2.45) is 0 Å². The Bertz CT molecular complexity index is 1090. The number of fused-ring (bicyclic) bond motifs is 3. The highest BCUT2D eigenvalue weighted by Gasteiger charge is 2.13. The molecule has 0 fully saturated rings. The average Bonchev–Trinajstić information content (AvgIpc) is 3.05. The molecule has 3 aromatic heterocycles. The normalized spacial score (nSPS) is 11.4. The molecule has 5 heteroatoms. The minimum Gasteiger partial charge on any atom is -0.308 e. The van der Waals surface area contributed by atoms with Crippen LogP contribution in [0.3, 0.4) is 0 Å². The number of benzene rings is 1. The molecule has 23 heavy (non-hydrogen) atoms. The Morgan fingerprint density at radius 1 is 1.22 bits per heavy atom. The van der Waals surface area contributed by atoms with Crippen LogP contribution in [0, 0.1) is 6.92 Å². The van der Waals surface area contributed by atoms with Crippen LogP contribution in [0.15, 0.2) is 47.5 Å². The van der Waals surface area contributed by atoms with Crippen LogP contribution in [0.4, 0.5) is 0 Å². The van der Waals surface area contributed by atoms with Crippen molar-refractivity contribution in [3.05, 3.63) is 58.8 Å². The summed E-state index contributed by atoms with van der Waals surface area (Å²) < 4.78 is 1.79. The smallest absolute Gasteiger partial charge is 0.262 e. The zero-order valence-corrected chi connectivity index (χ0v) is 13.0. The van der Waals surface area contributed by atoms with Crippen LogP contribution < -0.4 is 5.56 Å². The molecular weight excluding hydrogens is 288 g/mol. The van der Waals surface area contributed by atoms with E-state index in [-0.39, 0.29) is 5.56 Å². The number of aromatic amines is 1. The predicted molar refractivity (Wildman–Crippen MR) is 91.5 cm³/mol. The fraction of sp³-hybridized carbons (Fsp3) is 0.167. The Labute approximate surface area is 132 Å². The van der Waals surface area contributed by atoms with Crippen LogP contribution >= 0.6 is 0 Å². The molecule has 0 atom stereocenters. The Kier molecular flexibility index (Phi) is 3.01.